The van der Waals surface area contributed by atoms with E-state index in [-0.39, 0.29) is 17.8 Å². The SMILES string of the molecule is CCOC(=O)C(NC(C)=O)(C(=O)OCC)c1cc(O)n(C(=O)OCC(Cl)(Cl)Cl)c1O. The van der Waals surface area contributed by atoms with Crippen LogP contribution in [0.25, 0.3) is 0 Å². The Kier molecular flexibility index (Phi) is 8.64. The fourth-order valence-electron chi connectivity index (χ4n) is 2.37. The number of nitrogens with one attached hydrogen (secondary N) is 1. The van der Waals surface area contributed by atoms with Gasteiger partial charge >= 0.3 is 18.0 Å². The van der Waals surface area contributed by atoms with Crippen LogP contribution in [0.4, 0.5) is 4.79 Å². The topological polar surface area (TPSA) is 153 Å². The Morgan fingerprint density at radius 1 is 1.03 bits per heavy atom. The number of nitrogens with zero attached hydrogens (tertiary/aromatic N) is 1. The van der Waals surface area contributed by atoms with Crippen LogP contribution in [0.15, 0.2) is 6.07 Å². The summed E-state index contributed by atoms with van der Waals surface area (Å²) in [6.45, 7) is 2.67. The van der Waals surface area contributed by atoms with Gasteiger partial charge < -0.3 is 29.7 Å². The summed E-state index contributed by atoms with van der Waals surface area (Å²) in [5, 5.41) is 22.7. The van der Waals surface area contributed by atoms with Crippen molar-refractivity contribution in [2.24, 2.45) is 0 Å². The van der Waals surface area contributed by atoms with Crippen molar-refractivity contribution in [1.82, 2.24) is 9.88 Å². The number of hydrogen-bond donors (Lipinski definition) is 3. The van der Waals surface area contributed by atoms with E-state index in [1.165, 1.54) is 13.8 Å². The lowest BCUT2D eigenvalue weighted by molar-refractivity contribution is -0.168. The van der Waals surface area contributed by atoms with Crippen LogP contribution in [-0.2, 0) is 34.1 Å². The quantitative estimate of drug-likeness (QED) is 0.225. The molecule has 0 aliphatic heterocycles. The van der Waals surface area contributed by atoms with Crippen molar-refractivity contribution < 1.29 is 43.6 Å². The molecule has 0 spiro atoms. The molecule has 0 radical (unpaired) electrons. The van der Waals surface area contributed by atoms with Crippen molar-refractivity contribution in [2.45, 2.75) is 30.1 Å². The zero-order valence-electron chi connectivity index (χ0n) is 16.0. The first-order valence-corrected chi connectivity index (χ1v) is 9.46. The van der Waals surface area contributed by atoms with E-state index in [1.54, 1.807) is 0 Å². The summed E-state index contributed by atoms with van der Waals surface area (Å²) < 4.78 is 12.6. The lowest BCUT2D eigenvalue weighted by Gasteiger charge is -2.29. The molecule has 0 bridgehead atoms. The molecule has 0 aromatic carbocycles. The van der Waals surface area contributed by atoms with Crippen LogP contribution in [0.2, 0.25) is 0 Å². The van der Waals surface area contributed by atoms with Crippen molar-refractivity contribution in [3.05, 3.63) is 11.6 Å². The molecule has 1 aromatic rings. The van der Waals surface area contributed by atoms with E-state index in [0.29, 0.717) is 6.07 Å². The van der Waals surface area contributed by atoms with E-state index in [2.05, 4.69) is 10.1 Å². The molecule has 30 heavy (non-hydrogen) atoms. The molecule has 0 unspecified atom stereocenters. The molecule has 11 nitrogen and oxygen atoms in total. The maximum Gasteiger partial charge on any atom is 0.423 e. The third kappa shape index (κ3) is 5.61. The van der Waals surface area contributed by atoms with E-state index in [1.807, 2.05) is 0 Å². The van der Waals surface area contributed by atoms with Gasteiger partial charge in [-0.1, -0.05) is 34.8 Å². The van der Waals surface area contributed by atoms with E-state index in [0.717, 1.165) is 6.92 Å². The van der Waals surface area contributed by atoms with Gasteiger partial charge in [-0.2, -0.15) is 4.57 Å². The number of ether oxygens (including phenoxy) is 3. The summed E-state index contributed by atoms with van der Waals surface area (Å²) >= 11 is 16.4. The van der Waals surface area contributed by atoms with Crippen molar-refractivity contribution in [3.63, 3.8) is 0 Å². The highest BCUT2D eigenvalue weighted by Gasteiger charge is 2.55. The molecule has 0 fully saturated rings. The Bertz CT molecular complexity index is 815. The Morgan fingerprint density at radius 3 is 1.93 bits per heavy atom. The van der Waals surface area contributed by atoms with Gasteiger partial charge in [-0.05, 0) is 13.8 Å². The summed E-state index contributed by atoms with van der Waals surface area (Å²) in [5.74, 6) is -5.64. The Balaban J connectivity index is 3.65. The van der Waals surface area contributed by atoms with Crippen LogP contribution < -0.4 is 5.32 Å². The van der Waals surface area contributed by atoms with Crippen LogP contribution in [0.5, 0.6) is 11.8 Å². The molecule has 168 valence electrons. The summed E-state index contributed by atoms with van der Waals surface area (Å²) in [6.07, 6.45) is -1.41. The summed E-state index contributed by atoms with van der Waals surface area (Å²) in [4.78, 5) is 49.4. The van der Waals surface area contributed by atoms with Crippen LogP contribution in [-0.4, -0.2) is 62.3 Å². The highest BCUT2D eigenvalue weighted by Crippen LogP contribution is 2.38. The standard InChI is InChI=1S/C16H19Cl3N2O9/c1-4-28-12(25)16(20-8(3)22,13(26)29-5-2)9-6-10(23)21(11(9)24)14(27)30-7-15(17,18)19/h6,23-24H,4-5,7H2,1-3H3,(H,20,22). The van der Waals surface area contributed by atoms with Crippen molar-refractivity contribution in [3.8, 4) is 11.8 Å². The second-order valence-corrected chi connectivity index (χ2v) is 8.13. The first-order valence-electron chi connectivity index (χ1n) is 8.32. The number of hydrogen-bond acceptors (Lipinski definition) is 9. The molecule has 1 amide bonds. The van der Waals surface area contributed by atoms with Crippen LogP contribution in [0.1, 0.15) is 26.3 Å². The summed E-state index contributed by atoms with van der Waals surface area (Å²) in [5.41, 5.74) is -3.45. The first kappa shape index (κ1) is 25.7. The van der Waals surface area contributed by atoms with Gasteiger partial charge in [-0.3, -0.25) is 4.79 Å². The number of rotatable bonds is 7. The Morgan fingerprint density at radius 2 is 1.53 bits per heavy atom. The fraction of sp³-hybridized carbons (Fsp3) is 0.500. The minimum atomic E-state index is -2.74. The van der Waals surface area contributed by atoms with Gasteiger partial charge in [0.15, 0.2) is 0 Å². The van der Waals surface area contributed by atoms with Crippen LogP contribution in [0, 0.1) is 0 Å². The lowest BCUT2D eigenvalue weighted by atomic mass is 9.91. The molecule has 0 aliphatic carbocycles. The highest BCUT2D eigenvalue weighted by molar-refractivity contribution is 6.67. The normalized spacial score (nSPS) is 11.5. The van der Waals surface area contributed by atoms with E-state index >= 15 is 0 Å². The average Bonchev–Trinajstić information content (AvgIpc) is 2.91. The van der Waals surface area contributed by atoms with Gasteiger partial charge in [-0.25, -0.2) is 14.4 Å². The van der Waals surface area contributed by atoms with Gasteiger partial charge in [0.2, 0.25) is 21.5 Å². The smallest absolute Gasteiger partial charge is 0.423 e. The third-order valence-electron chi connectivity index (χ3n) is 3.43. The lowest BCUT2D eigenvalue weighted by Crippen LogP contribution is -2.58. The fourth-order valence-corrected chi connectivity index (χ4v) is 2.53. The zero-order chi connectivity index (χ0) is 23.3. The molecular formula is C16H19Cl3N2O9. The largest absolute Gasteiger partial charge is 0.494 e. The van der Waals surface area contributed by atoms with Gasteiger partial charge in [-0.15, -0.1) is 0 Å². The number of amides is 1. The highest BCUT2D eigenvalue weighted by atomic mass is 35.6. The van der Waals surface area contributed by atoms with Gasteiger partial charge in [0, 0.05) is 13.0 Å². The maximum absolute atomic E-state index is 12.7. The number of aromatic nitrogens is 1. The van der Waals surface area contributed by atoms with Crippen LogP contribution in [0.3, 0.4) is 0 Å². The maximum atomic E-state index is 12.7. The zero-order valence-corrected chi connectivity index (χ0v) is 18.3. The summed E-state index contributed by atoms with van der Waals surface area (Å²) in [7, 11) is 0. The predicted molar refractivity (Wildman–Crippen MR) is 104 cm³/mol. The monoisotopic (exact) mass is 488 g/mol. The molecule has 1 rings (SSSR count). The molecule has 0 atom stereocenters. The van der Waals surface area contributed by atoms with E-state index < -0.39 is 57.2 Å². The van der Waals surface area contributed by atoms with Crippen molar-refractivity contribution >= 4 is 58.7 Å². The Hall–Kier alpha value is -2.37. The summed E-state index contributed by atoms with van der Waals surface area (Å²) in [6, 6.07) is 0.676. The first-order chi connectivity index (χ1) is 13.8. The second kappa shape index (κ2) is 10.1. The number of halogens is 3. The number of esters is 2. The third-order valence-corrected chi connectivity index (χ3v) is 3.76. The van der Waals surface area contributed by atoms with Gasteiger partial charge in [0.1, 0.15) is 6.61 Å². The molecule has 3 N–H and O–H groups in total. The van der Waals surface area contributed by atoms with E-state index in [4.69, 9.17) is 44.3 Å². The minimum absolute atomic E-state index is 0.181. The number of alkyl halides is 3. The molecule has 1 heterocycles. The van der Waals surface area contributed by atoms with Gasteiger partial charge in [0.25, 0.3) is 5.54 Å². The Labute approximate surface area is 185 Å². The number of carbonyl (C=O) groups is 4. The molecule has 0 saturated heterocycles. The van der Waals surface area contributed by atoms with Gasteiger partial charge in [0.05, 0.1) is 18.8 Å². The molecule has 1 aromatic heterocycles. The minimum Gasteiger partial charge on any atom is -0.494 e. The molecule has 14 heteroatoms. The van der Waals surface area contributed by atoms with Crippen LogP contribution >= 0.6 is 34.8 Å². The second-order valence-electron chi connectivity index (χ2n) is 5.62. The van der Waals surface area contributed by atoms with Crippen molar-refractivity contribution in [1.29, 1.82) is 0 Å². The number of aromatic hydroxyl groups is 2. The average molecular weight is 490 g/mol. The molecule has 0 aliphatic rings. The predicted octanol–water partition coefficient (Wildman–Crippen LogP) is 1.71. The number of carbonyl (C=O) groups excluding carboxylic acids is 4. The van der Waals surface area contributed by atoms with Crippen molar-refractivity contribution in [2.75, 3.05) is 19.8 Å². The molecular weight excluding hydrogens is 471 g/mol. The molecule has 0 saturated carbocycles. The van der Waals surface area contributed by atoms with E-state index in [9.17, 15) is 29.4 Å².